The van der Waals surface area contributed by atoms with E-state index >= 15 is 0 Å². The second-order valence-corrected chi connectivity index (χ2v) is 7.71. The minimum absolute atomic E-state index is 0.310. The molecule has 0 aromatic heterocycles. The van der Waals surface area contributed by atoms with Crippen molar-refractivity contribution in [1.29, 1.82) is 0 Å². The average Bonchev–Trinajstić information content (AvgIpc) is 2.71. The molecule has 0 aliphatic heterocycles. The second-order valence-electron chi connectivity index (χ2n) is 6.61. The number of hydroxylamine groups is 1. The number of nitrogens with one attached hydrogen (secondary N) is 2. The summed E-state index contributed by atoms with van der Waals surface area (Å²) in [6.07, 6.45) is 5.44. The molecule has 150 valence electrons. The highest BCUT2D eigenvalue weighted by atomic mass is 127. The molecule has 2 rings (SSSR count). The quantitative estimate of drug-likeness (QED) is 0.231. The SMILES string of the molecule is CC=C(NO)C(NC/C=C/c1ccc(-c2ccccc2)cc1)C(C)(O)C(F)I. The Morgan fingerprint density at radius 2 is 1.75 bits per heavy atom. The highest BCUT2D eigenvalue weighted by molar-refractivity contribution is 14.1. The smallest absolute Gasteiger partial charge is 0.181 e. The van der Waals surface area contributed by atoms with E-state index in [-0.39, 0.29) is 0 Å². The molecule has 4 nitrogen and oxygen atoms in total. The summed E-state index contributed by atoms with van der Waals surface area (Å²) < 4.78 is 12.3. The van der Waals surface area contributed by atoms with Crippen LogP contribution in [0.2, 0.25) is 0 Å². The van der Waals surface area contributed by atoms with Crippen LogP contribution in [0, 0.1) is 0 Å². The maximum absolute atomic E-state index is 13.9. The number of alkyl halides is 2. The Morgan fingerprint density at radius 1 is 1.14 bits per heavy atom. The van der Waals surface area contributed by atoms with Crippen molar-refractivity contribution in [2.45, 2.75) is 29.7 Å². The van der Waals surface area contributed by atoms with E-state index in [4.69, 9.17) is 0 Å². The van der Waals surface area contributed by atoms with Gasteiger partial charge >= 0.3 is 0 Å². The summed E-state index contributed by atoms with van der Waals surface area (Å²) in [5, 5.41) is 22.8. The minimum Gasteiger partial charge on any atom is -0.384 e. The molecule has 0 aliphatic carbocycles. The zero-order valence-electron chi connectivity index (χ0n) is 15.9. The summed E-state index contributed by atoms with van der Waals surface area (Å²) in [4.78, 5) is 0. The Labute approximate surface area is 179 Å². The molecule has 2 aromatic rings. The van der Waals surface area contributed by atoms with Crippen molar-refractivity contribution < 1.29 is 14.7 Å². The van der Waals surface area contributed by atoms with Crippen molar-refractivity contribution in [2.24, 2.45) is 0 Å². The lowest BCUT2D eigenvalue weighted by Gasteiger charge is -2.35. The Balaban J connectivity index is 2.02. The van der Waals surface area contributed by atoms with Crippen LogP contribution in [-0.2, 0) is 0 Å². The van der Waals surface area contributed by atoms with Crippen molar-refractivity contribution >= 4 is 28.7 Å². The number of halogens is 2. The van der Waals surface area contributed by atoms with Crippen LogP contribution < -0.4 is 10.8 Å². The van der Waals surface area contributed by atoms with Gasteiger partial charge in [-0.3, -0.25) is 10.7 Å². The van der Waals surface area contributed by atoms with E-state index in [0.29, 0.717) is 12.2 Å². The lowest BCUT2D eigenvalue weighted by molar-refractivity contribution is -0.00647. The Morgan fingerprint density at radius 3 is 2.29 bits per heavy atom. The van der Waals surface area contributed by atoms with Gasteiger partial charge in [-0.25, -0.2) is 4.39 Å². The van der Waals surface area contributed by atoms with Crippen molar-refractivity contribution in [3.8, 4) is 11.1 Å². The van der Waals surface area contributed by atoms with Gasteiger partial charge in [0.2, 0.25) is 0 Å². The van der Waals surface area contributed by atoms with Gasteiger partial charge < -0.3 is 10.4 Å². The molecule has 0 heterocycles. The van der Waals surface area contributed by atoms with Crippen LogP contribution in [0.5, 0.6) is 0 Å². The molecule has 0 saturated carbocycles. The molecule has 0 saturated heterocycles. The molecule has 0 bridgehead atoms. The van der Waals surface area contributed by atoms with Gasteiger partial charge in [0.1, 0.15) is 5.60 Å². The lowest BCUT2D eigenvalue weighted by atomic mass is 9.94. The molecule has 2 aromatic carbocycles. The first-order valence-corrected chi connectivity index (χ1v) is 10.3. The topological polar surface area (TPSA) is 64.5 Å². The molecule has 28 heavy (non-hydrogen) atoms. The van der Waals surface area contributed by atoms with Crippen LogP contribution in [0.4, 0.5) is 4.39 Å². The number of hydrogen-bond donors (Lipinski definition) is 4. The van der Waals surface area contributed by atoms with Gasteiger partial charge in [-0.15, -0.1) is 0 Å². The van der Waals surface area contributed by atoms with E-state index in [1.54, 1.807) is 13.0 Å². The molecule has 0 amide bonds. The minimum atomic E-state index is -1.69. The third kappa shape index (κ3) is 5.88. The van der Waals surface area contributed by atoms with Crippen LogP contribution in [0.25, 0.3) is 17.2 Å². The molecular formula is C22H26FIN2O2. The fraction of sp³-hybridized carbons (Fsp3) is 0.273. The normalized spacial score (nSPS) is 16.6. The van der Waals surface area contributed by atoms with Crippen LogP contribution in [0.3, 0.4) is 0 Å². The summed E-state index contributed by atoms with van der Waals surface area (Å²) in [5.74, 6) is 0. The van der Waals surface area contributed by atoms with Gasteiger partial charge in [-0.2, -0.15) is 0 Å². The fourth-order valence-electron chi connectivity index (χ4n) is 2.85. The van der Waals surface area contributed by atoms with Gasteiger partial charge in [0.25, 0.3) is 0 Å². The van der Waals surface area contributed by atoms with Crippen LogP contribution in [0.15, 0.2) is 72.4 Å². The Kier molecular flexibility index (Phi) is 8.62. The monoisotopic (exact) mass is 496 g/mol. The van der Waals surface area contributed by atoms with E-state index < -0.39 is 15.8 Å². The molecule has 0 spiro atoms. The Bertz CT molecular complexity index is 790. The zero-order valence-corrected chi connectivity index (χ0v) is 18.1. The van der Waals surface area contributed by atoms with Gasteiger partial charge in [0.05, 0.1) is 11.7 Å². The first kappa shape index (κ1) is 22.5. The van der Waals surface area contributed by atoms with E-state index in [1.807, 2.05) is 48.0 Å². The third-order valence-electron chi connectivity index (χ3n) is 4.55. The number of benzene rings is 2. The number of aliphatic hydroxyl groups is 1. The fourth-order valence-corrected chi connectivity index (χ4v) is 3.21. The van der Waals surface area contributed by atoms with Crippen LogP contribution in [-0.4, -0.2) is 32.7 Å². The first-order valence-electron chi connectivity index (χ1n) is 9.02. The first-order chi connectivity index (χ1) is 13.4. The van der Waals surface area contributed by atoms with E-state index in [1.165, 1.54) is 35.1 Å². The number of allylic oxidation sites excluding steroid dienone is 1. The maximum Gasteiger partial charge on any atom is 0.181 e. The molecule has 3 unspecified atom stereocenters. The maximum atomic E-state index is 13.9. The number of hydrogen-bond acceptors (Lipinski definition) is 4. The van der Waals surface area contributed by atoms with Gasteiger partial charge in [-0.1, -0.05) is 72.8 Å². The van der Waals surface area contributed by atoms with Crippen molar-refractivity contribution in [3.05, 3.63) is 78.0 Å². The van der Waals surface area contributed by atoms with E-state index in [0.717, 1.165) is 11.1 Å². The highest BCUT2D eigenvalue weighted by Gasteiger charge is 2.40. The van der Waals surface area contributed by atoms with Crippen LogP contribution in [0.1, 0.15) is 19.4 Å². The molecule has 0 aliphatic rings. The van der Waals surface area contributed by atoms with Crippen molar-refractivity contribution in [2.75, 3.05) is 6.54 Å². The lowest BCUT2D eigenvalue weighted by Crippen LogP contribution is -2.55. The van der Waals surface area contributed by atoms with Gasteiger partial charge in [0, 0.05) is 6.54 Å². The summed E-state index contributed by atoms with van der Waals surface area (Å²) in [5.41, 5.74) is 4.01. The largest absolute Gasteiger partial charge is 0.384 e. The van der Waals surface area contributed by atoms with Crippen LogP contribution >= 0.6 is 22.6 Å². The highest BCUT2D eigenvalue weighted by Crippen LogP contribution is 2.26. The number of rotatable bonds is 9. The molecular weight excluding hydrogens is 470 g/mol. The molecule has 0 fully saturated rings. The summed E-state index contributed by atoms with van der Waals surface area (Å²) in [7, 11) is 0. The molecule has 3 atom stereocenters. The average molecular weight is 496 g/mol. The third-order valence-corrected chi connectivity index (χ3v) is 5.81. The van der Waals surface area contributed by atoms with E-state index in [9.17, 15) is 14.7 Å². The standard InChI is InChI=1S/C22H26FIN2O2/c1-3-19(26-28)20(22(2,27)21(23)24)25-15-7-8-16-11-13-18(14-12-16)17-9-5-4-6-10-17/h3-14,20-21,25-28H,15H2,1-2H3/b8-7+,19-3?. The van der Waals surface area contributed by atoms with Gasteiger partial charge in [-0.05, 0) is 53.1 Å². The van der Waals surface area contributed by atoms with Crippen molar-refractivity contribution in [1.82, 2.24) is 10.8 Å². The predicted octanol–water partition coefficient (Wildman–Crippen LogP) is 4.69. The second kappa shape index (κ2) is 10.7. The molecule has 0 radical (unpaired) electrons. The summed E-state index contributed by atoms with van der Waals surface area (Å²) in [6.45, 7) is 3.49. The van der Waals surface area contributed by atoms with E-state index in [2.05, 4.69) is 29.6 Å². The molecule has 4 N–H and O–H groups in total. The zero-order chi connectivity index (χ0) is 20.6. The molecule has 6 heteroatoms. The predicted molar refractivity (Wildman–Crippen MR) is 121 cm³/mol. The van der Waals surface area contributed by atoms with Gasteiger partial charge in [0.15, 0.2) is 4.18 Å². The summed E-state index contributed by atoms with van der Waals surface area (Å²) >= 11 is 1.53. The Hall–Kier alpha value is -1.74. The van der Waals surface area contributed by atoms with Crippen molar-refractivity contribution in [3.63, 3.8) is 0 Å². The summed E-state index contributed by atoms with van der Waals surface area (Å²) in [6, 6.07) is 17.5.